The van der Waals surface area contributed by atoms with Crippen molar-refractivity contribution in [3.63, 3.8) is 0 Å². The average molecular weight is 271 g/mol. The van der Waals surface area contributed by atoms with Crippen LogP contribution >= 0.6 is 0 Å². The van der Waals surface area contributed by atoms with Gasteiger partial charge in [0.1, 0.15) is 0 Å². The second-order valence-corrected chi connectivity index (χ2v) is 5.35. The number of hydrogen-bond donors (Lipinski definition) is 1. The highest BCUT2D eigenvalue weighted by Crippen LogP contribution is 2.27. The van der Waals surface area contributed by atoms with Crippen molar-refractivity contribution in [2.75, 3.05) is 11.4 Å². The van der Waals surface area contributed by atoms with Crippen LogP contribution in [0.15, 0.2) is 30.3 Å². The molecule has 4 heteroatoms. The first-order chi connectivity index (χ1) is 9.72. The number of anilines is 1. The van der Waals surface area contributed by atoms with E-state index in [0.717, 1.165) is 31.4 Å². The summed E-state index contributed by atoms with van der Waals surface area (Å²) in [6, 6.07) is 12.0. The van der Waals surface area contributed by atoms with E-state index in [1.807, 2.05) is 30.3 Å². The molecule has 1 aromatic carbocycles. The van der Waals surface area contributed by atoms with Gasteiger partial charge in [0.05, 0.1) is 12.5 Å². The predicted octanol–water partition coefficient (Wildman–Crippen LogP) is 2.45. The Morgan fingerprint density at radius 2 is 1.90 bits per heavy atom. The van der Waals surface area contributed by atoms with Crippen molar-refractivity contribution in [3.05, 3.63) is 30.3 Å². The monoisotopic (exact) mass is 271 g/mol. The first-order valence-electron chi connectivity index (χ1n) is 7.21. The van der Waals surface area contributed by atoms with E-state index < -0.39 is 0 Å². The van der Waals surface area contributed by atoms with E-state index >= 15 is 0 Å². The van der Waals surface area contributed by atoms with Crippen molar-refractivity contribution in [2.24, 2.45) is 11.7 Å². The number of nitrogens with zero attached hydrogens (tertiary/aromatic N) is 2. The standard InChI is InChI=1S/C16H21N3O/c17-11-4-12-19(15-5-2-1-3-6-15)16(20)13-7-9-14(18)10-8-13/h1-3,5-6,13-14H,4,7-10,12,18H2. The van der Waals surface area contributed by atoms with E-state index in [4.69, 9.17) is 11.0 Å². The first kappa shape index (κ1) is 14.5. The zero-order valence-electron chi connectivity index (χ0n) is 11.7. The third kappa shape index (κ3) is 3.58. The SMILES string of the molecule is N#CCCN(C(=O)C1CCC(N)CC1)c1ccccc1. The molecule has 2 N–H and O–H groups in total. The molecule has 0 bridgehead atoms. The summed E-state index contributed by atoms with van der Waals surface area (Å²) in [6.07, 6.45) is 3.90. The highest BCUT2D eigenvalue weighted by Gasteiger charge is 2.28. The molecule has 106 valence electrons. The normalized spacial score (nSPS) is 22.0. The van der Waals surface area contributed by atoms with Gasteiger partial charge in [-0.05, 0) is 37.8 Å². The lowest BCUT2D eigenvalue weighted by Crippen LogP contribution is -2.40. The lowest BCUT2D eigenvalue weighted by atomic mass is 9.85. The molecular formula is C16H21N3O. The summed E-state index contributed by atoms with van der Waals surface area (Å²) in [5, 5.41) is 8.78. The van der Waals surface area contributed by atoms with Crippen LogP contribution in [0.5, 0.6) is 0 Å². The Bertz CT molecular complexity index is 472. The van der Waals surface area contributed by atoms with Crippen LogP contribution in [0.4, 0.5) is 5.69 Å². The number of carbonyl (C=O) groups is 1. The number of hydrogen-bond acceptors (Lipinski definition) is 3. The first-order valence-corrected chi connectivity index (χ1v) is 7.21. The number of rotatable bonds is 4. The molecule has 1 fully saturated rings. The van der Waals surface area contributed by atoms with Gasteiger partial charge in [-0.2, -0.15) is 5.26 Å². The molecule has 0 saturated heterocycles. The van der Waals surface area contributed by atoms with Crippen molar-refractivity contribution in [3.8, 4) is 6.07 Å². The number of benzene rings is 1. The van der Waals surface area contributed by atoms with E-state index in [2.05, 4.69) is 6.07 Å². The van der Waals surface area contributed by atoms with Crippen LogP contribution in [-0.2, 0) is 4.79 Å². The molecule has 0 aliphatic heterocycles. The van der Waals surface area contributed by atoms with Crippen LogP contribution in [0.1, 0.15) is 32.1 Å². The van der Waals surface area contributed by atoms with Crippen LogP contribution in [0.25, 0.3) is 0 Å². The summed E-state index contributed by atoms with van der Waals surface area (Å²) in [7, 11) is 0. The van der Waals surface area contributed by atoms with E-state index in [1.54, 1.807) is 4.90 Å². The third-order valence-corrected chi connectivity index (χ3v) is 3.90. The lowest BCUT2D eigenvalue weighted by molar-refractivity contribution is -0.123. The number of para-hydroxylation sites is 1. The predicted molar refractivity (Wildman–Crippen MR) is 79.0 cm³/mol. The van der Waals surface area contributed by atoms with E-state index in [9.17, 15) is 4.79 Å². The minimum absolute atomic E-state index is 0.0497. The fourth-order valence-electron chi connectivity index (χ4n) is 2.72. The fourth-order valence-corrected chi connectivity index (χ4v) is 2.72. The van der Waals surface area contributed by atoms with Gasteiger partial charge in [-0.25, -0.2) is 0 Å². The zero-order chi connectivity index (χ0) is 14.4. The van der Waals surface area contributed by atoms with Crippen LogP contribution < -0.4 is 10.6 Å². The molecule has 0 aromatic heterocycles. The minimum Gasteiger partial charge on any atom is -0.328 e. The largest absolute Gasteiger partial charge is 0.328 e. The Balaban J connectivity index is 2.10. The molecule has 0 unspecified atom stereocenters. The van der Waals surface area contributed by atoms with Crippen molar-refractivity contribution in [2.45, 2.75) is 38.1 Å². The minimum atomic E-state index is 0.0497. The average Bonchev–Trinajstić information content (AvgIpc) is 2.49. The Labute approximate surface area is 120 Å². The van der Waals surface area contributed by atoms with Gasteiger partial charge in [-0.3, -0.25) is 4.79 Å². The lowest BCUT2D eigenvalue weighted by Gasteiger charge is -2.30. The van der Waals surface area contributed by atoms with Gasteiger partial charge in [0.2, 0.25) is 5.91 Å². The maximum absolute atomic E-state index is 12.7. The van der Waals surface area contributed by atoms with Crippen LogP contribution in [0.3, 0.4) is 0 Å². The van der Waals surface area contributed by atoms with Gasteiger partial charge in [0.15, 0.2) is 0 Å². The van der Waals surface area contributed by atoms with E-state index in [0.29, 0.717) is 13.0 Å². The molecule has 1 amide bonds. The summed E-state index contributed by atoms with van der Waals surface area (Å²) < 4.78 is 0. The van der Waals surface area contributed by atoms with Crippen molar-refractivity contribution in [1.29, 1.82) is 5.26 Å². The summed E-state index contributed by atoms with van der Waals surface area (Å²) in [5.74, 6) is 0.187. The quantitative estimate of drug-likeness (QED) is 0.914. The molecule has 20 heavy (non-hydrogen) atoms. The van der Waals surface area contributed by atoms with Crippen molar-refractivity contribution in [1.82, 2.24) is 0 Å². The molecule has 1 aliphatic rings. The van der Waals surface area contributed by atoms with Crippen LogP contribution in [0.2, 0.25) is 0 Å². The summed E-state index contributed by atoms with van der Waals surface area (Å²) >= 11 is 0. The maximum atomic E-state index is 12.7. The summed E-state index contributed by atoms with van der Waals surface area (Å²) in [6.45, 7) is 0.460. The summed E-state index contributed by atoms with van der Waals surface area (Å²) in [5.41, 5.74) is 6.77. The van der Waals surface area contributed by atoms with Crippen LogP contribution in [-0.4, -0.2) is 18.5 Å². The van der Waals surface area contributed by atoms with Crippen molar-refractivity contribution >= 4 is 11.6 Å². The van der Waals surface area contributed by atoms with Gasteiger partial charge in [-0.1, -0.05) is 18.2 Å². The number of amides is 1. The molecule has 4 nitrogen and oxygen atoms in total. The molecule has 0 spiro atoms. The Kier molecular flexibility index (Phi) is 5.14. The Morgan fingerprint density at radius 1 is 1.25 bits per heavy atom. The molecule has 1 aromatic rings. The molecule has 0 atom stereocenters. The molecule has 0 radical (unpaired) electrons. The smallest absolute Gasteiger partial charge is 0.230 e. The van der Waals surface area contributed by atoms with Gasteiger partial charge in [0.25, 0.3) is 0 Å². The van der Waals surface area contributed by atoms with Gasteiger partial charge in [-0.15, -0.1) is 0 Å². The number of carbonyl (C=O) groups excluding carboxylic acids is 1. The molecular weight excluding hydrogens is 250 g/mol. The van der Waals surface area contributed by atoms with Crippen molar-refractivity contribution < 1.29 is 4.79 Å². The third-order valence-electron chi connectivity index (χ3n) is 3.90. The Hall–Kier alpha value is -1.86. The number of nitrogens with two attached hydrogens (primary N) is 1. The van der Waals surface area contributed by atoms with Crippen LogP contribution in [0, 0.1) is 17.2 Å². The highest BCUT2D eigenvalue weighted by molar-refractivity contribution is 5.95. The summed E-state index contributed by atoms with van der Waals surface area (Å²) in [4.78, 5) is 14.4. The second-order valence-electron chi connectivity index (χ2n) is 5.35. The van der Waals surface area contributed by atoms with E-state index in [-0.39, 0.29) is 17.9 Å². The Morgan fingerprint density at radius 3 is 2.50 bits per heavy atom. The zero-order valence-corrected chi connectivity index (χ0v) is 11.7. The topological polar surface area (TPSA) is 70.1 Å². The molecule has 2 rings (SSSR count). The highest BCUT2D eigenvalue weighted by atomic mass is 16.2. The van der Waals surface area contributed by atoms with Gasteiger partial charge in [0, 0.05) is 24.2 Å². The van der Waals surface area contributed by atoms with E-state index in [1.165, 1.54) is 0 Å². The second kappa shape index (κ2) is 7.06. The molecule has 1 saturated carbocycles. The molecule has 1 aliphatic carbocycles. The van der Waals surface area contributed by atoms with Gasteiger partial charge >= 0.3 is 0 Å². The molecule has 0 heterocycles. The maximum Gasteiger partial charge on any atom is 0.230 e. The van der Waals surface area contributed by atoms with Gasteiger partial charge < -0.3 is 10.6 Å². The number of nitriles is 1. The fraction of sp³-hybridized carbons (Fsp3) is 0.500.